The normalized spacial score (nSPS) is 12.6. The maximum Gasteiger partial charge on any atom is 0.264 e. The fourth-order valence-electron chi connectivity index (χ4n) is 4.67. The smallest absolute Gasteiger partial charge is 0.264 e. The standard InChI is InChI=1S/C34H35Cl2N3O4S/c1-3-25(2)37-34(41)32(22-26-13-7-4-8-14-26)38(23-27-19-20-30(35)31(36)21-27)33(40)24-39(28-15-9-5-10-16-28)44(42,43)29-17-11-6-12-18-29/h4-21,25,32H,3,22-24H2,1-2H3,(H,37,41)/t25-,32+/m1/s1. The number of carbonyl (C=O) groups is 2. The summed E-state index contributed by atoms with van der Waals surface area (Å²) in [5, 5.41) is 3.68. The van der Waals surface area contributed by atoms with Gasteiger partial charge in [0.1, 0.15) is 12.6 Å². The molecule has 0 radical (unpaired) electrons. The zero-order chi connectivity index (χ0) is 31.7. The number of sulfonamides is 1. The molecule has 230 valence electrons. The van der Waals surface area contributed by atoms with E-state index in [1.54, 1.807) is 66.7 Å². The van der Waals surface area contributed by atoms with E-state index < -0.39 is 28.5 Å². The summed E-state index contributed by atoms with van der Waals surface area (Å²) in [5.41, 5.74) is 1.81. The number of carbonyl (C=O) groups excluding carboxylic acids is 2. The predicted octanol–water partition coefficient (Wildman–Crippen LogP) is 6.74. The number of hydrogen-bond acceptors (Lipinski definition) is 4. The van der Waals surface area contributed by atoms with Crippen molar-refractivity contribution in [3.63, 3.8) is 0 Å². The maximum atomic E-state index is 14.4. The lowest BCUT2D eigenvalue weighted by molar-refractivity contribution is -0.140. The lowest BCUT2D eigenvalue weighted by Crippen LogP contribution is -2.54. The third kappa shape index (κ3) is 8.40. The van der Waals surface area contributed by atoms with Crippen molar-refractivity contribution in [2.75, 3.05) is 10.8 Å². The maximum absolute atomic E-state index is 14.4. The second-order valence-electron chi connectivity index (χ2n) is 10.5. The van der Waals surface area contributed by atoms with Gasteiger partial charge >= 0.3 is 0 Å². The molecule has 44 heavy (non-hydrogen) atoms. The molecule has 7 nitrogen and oxygen atoms in total. The van der Waals surface area contributed by atoms with Crippen molar-refractivity contribution in [1.29, 1.82) is 0 Å². The van der Waals surface area contributed by atoms with Crippen LogP contribution in [-0.4, -0.2) is 43.8 Å². The van der Waals surface area contributed by atoms with E-state index in [9.17, 15) is 18.0 Å². The van der Waals surface area contributed by atoms with Gasteiger partial charge in [0, 0.05) is 19.0 Å². The largest absolute Gasteiger partial charge is 0.352 e. The van der Waals surface area contributed by atoms with E-state index in [0.717, 1.165) is 9.87 Å². The van der Waals surface area contributed by atoms with Crippen LogP contribution in [0, 0.1) is 0 Å². The molecular formula is C34H35Cl2N3O4S. The summed E-state index contributed by atoms with van der Waals surface area (Å²) in [4.78, 5) is 29.8. The van der Waals surface area contributed by atoms with Gasteiger partial charge in [-0.2, -0.15) is 0 Å². The summed E-state index contributed by atoms with van der Waals surface area (Å²) < 4.78 is 29.0. The highest BCUT2D eigenvalue weighted by molar-refractivity contribution is 7.92. The van der Waals surface area contributed by atoms with Crippen molar-refractivity contribution in [1.82, 2.24) is 10.2 Å². The number of nitrogens with zero attached hydrogens (tertiary/aromatic N) is 2. The van der Waals surface area contributed by atoms with E-state index >= 15 is 0 Å². The molecule has 0 aliphatic rings. The molecule has 0 fully saturated rings. The Kier molecular flexibility index (Phi) is 11.4. The van der Waals surface area contributed by atoms with Crippen LogP contribution in [0.1, 0.15) is 31.4 Å². The Balaban J connectivity index is 1.80. The minimum atomic E-state index is -4.15. The van der Waals surface area contributed by atoms with Crippen molar-refractivity contribution >= 4 is 50.7 Å². The average Bonchev–Trinajstić information content (AvgIpc) is 3.04. The molecule has 4 aromatic rings. The quantitative estimate of drug-likeness (QED) is 0.173. The van der Waals surface area contributed by atoms with E-state index in [1.807, 2.05) is 44.2 Å². The molecule has 1 N–H and O–H groups in total. The van der Waals surface area contributed by atoms with Crippen LogP contribution in [0.5, 0.6) is 0 Å². The van der Waals surface area contributed by atoms with Crippen molar-refractivity contribution < 1.29 is 18.0 Å². The Morgan fingerprint density at radius 1 is 0.795 bits per heavy atom. The first-order valence-electron chi connectivity index (χ1n) is 14.3. The van der Waals surface area contributed by atoms with Crippen molar-refractivity contribution in [3.05, 3.63) is 130 Å². The summed E-state index contributed by atoms with van der Waals surface area (Å²) in [6, 6.07) is 29.7. The molecule has 2 amide bonds. The lowest BCUT2D eigenvalue weighted by Gasteiger charge is -2.34. The van der Waals surface area contributed by atoms with Gasteiger partial charge in [0.05, 0.1) is 20.6 Å². The number of halogens is 2. The van der Waals surface area contributed by atoms with Gasteiger partial charge in [0.2, 0.25) is 11.8 Å². The molecule has 2 atom stereocenters. The molecular weight excluding hydrogens is 617 g/mol. The van der Waals surface area contributed by atoms with Gasteiger partial charge in [0.15, 0.2) is 0 Å². The van der Waals surface area contributed by atoms with Crippen LogP contribution in [0.3, 0.4) is 0 Å². The van der Waals surface area contributed by atoms with E-state index in [2.05, 4.69) is 5.32 Å². The van der Waals surface area contributed by atoms with Crippen LogP contribution in [-0.2, 0) is 32.6 Å². The van der Waals surface area contributed by atoms with Crippen LogP contribution < -0.4 is 9.62 Å². The van der Waals surface area contributed by atoms with Crippen LogP contribution in [0.2, 0.25) is 10.0 Å². The summed E-state index contributed by atoms with van der Waals surface area (Å²) in [7, 11) is -4.15. The van der Waals surface area contributed by atoms with Crippen LogP contribution in [0.15, 0.2) is 114 Å². The number of para-hydroxylation sites is 1. The molecule has 0 unspecified atom stereocenters. The lowest BCUT2D eigenvalue weighted by atomic mass is 10.0. The highest BCUT2D eigenvalue weighted by atomic mass is 35.5. The van der Waals surface area contributed by atoms with E-state index in [1.165, 1.54) is 17.0 Å². The molecule has 0 heterocycles. The fourth-order valence-corrected chi connectivity index (χ4v) is 6.43. The predicted molar refractivity (Wildman–Crippen MR) is 176 cm³/mol. The van der Waals surface area contributed by atoms with Gasteiger partial charge in [-0.25, -0.2) is 8.42 Å². The molecule has 0 spiro atoms. The monoisotopic (exact) mass is 651 g/mol. The summed E-state index contributed by atoms with van der Waals surface area (Å²) >= 11 is 12.5. The minimum absolute atomic E-state index is 0.00480. The highest BCUT2D eigenvalue weighted by Gasteiger charge is 2.35. The van der Waals surface area contributed by atoms with Crippen molar-refractivity contribution in [3.8, 4) is 0 Å². The number of hydrogen-bond donors (Lipinski definition) is 1. The van der Waals surface area contributed by atoms with Crippen molar-refractivity contribution in [2.45, 2.75) is 50.2 Å². The second-order valence-corrected chi connectivity index (χ2v) is 13.1. The fraction of sp³-hybridized carbons (Fsp3) is 0.235. The number of rotatable bonds is 13. The third-order valence-electron chi connectivity index (χ3n) is 7.26. The van der Waals surface area contributed by atoms with E-state index in [0.29, 0.717) is 27.7 Å². The average molecular weight is 653 g/mol. The van der Waals surface area contributed by atoms with Gasteiger partial charge in [0.25, 0.3) is 10.0 Å². The van der Waals surface area contributed by atoms with Crippen molar-refractivity contribution in [2.24, 2.45) is 0 Å². The van der Waals surface area contributed by atoms with Gasteiger partial charge in [-0.05, 0) is 60.9 Å². The molecule has 10 heteroatoms. The van der Waals surface area contributed by atoms with Gasteiger partial charge in [-0.3, -0.25) is 13.9 Å². The van der Waals surface area contributed by atoms with Gasteiger partial charge in [-0.1, -0.05) is 103 Å². The molecule has 0 aliphatic heterocycles. The minimum Gasteiger partial charge on any atom is -0.352 e. The Hall–Kier alpha value is -3.85. The van der Waals surface area contributed by atoms with E-state index in [4.69, 9.17) is 23.2 Å². The summed E-state index contributed by atoms with van der Waals surface area (Å²) in [6.07, 6.45) is 0.911. The topological polar surface area (TPSA) is 86.8 Å². The first-order valence-corrected chi connectivity index (χ1v) is 16.5. The zero-order valence-electron chi connectivity index (χ0n) is 24.6. The molecule has 0 bridgehead atoms. The van der Waals surface area contributed by atoms with E-state index in [-0.39, 0.29) is 29.8 Å². The van der Waals surface area contributed by atoms with Crippen LogP contribution in [0.25, 0.3) is 0 Å². The van der Waals surface area contributed by atoms with Gasteiger partial charge in [-0.15, -0.1) is 0 Å². The van der Waals surface area contributed by atoms with Crippen LogP contribution in [0.4, 0.5) is 5.69 Å². The Morgan fingerprint density at radius 3 is 1.98 bits per heavy atom. The summed E-state index contributed by atoms with van der Waals surface area (Å²) in [5.74, 6) is -0.895. The molecule has 0 saturated heterocycles. The highest BCUT2D eigenvalue weighted by Crippen LogP contribution is 2.27. The summed E-state index contributed by atoms with van der Waals surface area (Å²) in [6.45, 7) is 3.31. The van der Waals surface area contributed by atoms with Gasteiger partial charge < -0.3 is 10.2 Å². The SMILES string of the molecule is CC[C@@H](C)NC(=O)[C@H](Cc1ccccc1)N(Cc1ccc(Cl)c(Cl)c1)C(=O)CN(c1ccccc1)S(=O)(=O)c1ccccc1. The number of anilines is 1. The molecule has 0 aliphatic carbocycles. The molecule has 0 aromatic heterocycles. The molecule has 0 saturated carbocycles. The number of benzene rings is 4. The zero-order valence-corrected chi connectivity index (χ0v) is 26.9. The third-order valence-corrected chi connectivity index (χ3v) is 9.79. The number of nitrogens with one attached hydrogen (secondary N) is 1. The van der Waals surface area contributed by atoms with Crippen LogP contribution >= 0.6 is 23.2 Å². The second kappa shape index (κ2) is 15.2. The first-order chi connectivity index (χ1) is 21.1. The Morgan fingerprint density at radius 2 is 1.39 bits per heavy atom. The Labute approximate surface area is 269 Å². The molecule has 4 aromatic carbocycles. The number of amides is 2. The molecule has 4 rings (SSSR count). The Bertz CT molecular complexity index is 1660. The first kappa shape index (κ1) is 33.1.